The van der Waals surface area contributed by atoms with E-state index in [2.05, 4.69) is 5.32 Å². The molecule has 142 valence electrons. The van der Waals surface area contributed by atoms with Crippen molar-refractivity contribution in [3.05, 3.63) is 57.6 Å². The molecule has 0 spiro atoms. The van der Waals surface area contributed by atoms with Crippen molar-refractivity contribution in [3.63, 3.8) is 0 Å². The molecule has 0 bridgehead atoms. The Morgan fingerprint density at radius 3 is 2.59 bits per heavy atom. The van der Waals surface area contributed by atoms with E-state index in [1.54, 1.807) is 24.3 Å². The molecular weight excluding hydrogens is 393 g/mol. The van der Waals surface area contributed by atoms with E-state index in [9.17, 15) is 9.59 Å². The van der Waals surface area contributed by atoms with Crippen LogP contribution in [0.2, 0.25) is 10.0 Å². The fourth-order valence-electron chi connectivity index (χ4n) is 2.42. The number of amides is 1. The molecule has 6 nitrogen and oxygen atoms in total. The van der Waals surface area contributed by atoms with Gasteiger partial charge in [-0.15, -0.1) is 0 Å². The molecule has 0 atom stereocenters. The molecule has 3 rings (SSSR count). The first-order chi connectivity index (χ1) is 13.0. The van der Waals surface area contributed by atoms with Crippen LogP contribution in [-0.2, 0) is 16.1 Å². The molecule has 0 aliphatic carbocycles. The van der Waals surface area contributed by atoms with Crippen LogP contribution in [-0.4, -0.2) is 31.7 Å². The normalized spacial score (nSPS) is 12.8. The predicted molar refractivity (Wildman–Crippen MR) is 101 cm³/mol. The van der Waals surface area contributed by atoms with Crippen molar-refractivity contribution in [3.8, 4) is 11.5 Å². The van der Waals surface area contributed by atoms with Gasteiger partial charge < -0.3 is 19.5 Å². The number of fused-ring (bicyclic) bond motifs is 1. The van der Waals surface area contributed by atoms with E-state index in [4.69, 9.17) is 37.4 Å². The van der Waals surface area contributed by atoms with Gasteiger partial charge in [0.15, 0.2) is 18.1 Å². The minimum Gasteiger partial charge on any atom is -0.489 e. The quantitative estimate of drug-likeness (QED) is 0.763. The van der Waals surface area contributed by atoms with E-state index in [-0.39, 0.29) is 10.6 Å². The summed E-state index contributed by atoms with van der Waals surface area (Å²) < 4.78 is 16.1. The molecule has 1 N–H and O–H groups in total. The first kappa shape index (κ1) is 19.3. The summed E-state index contributed by atoms with van der Waals surface area (Å²) in [7, 11) is 0. The predicted octanol–water partition coefficient (Wildman–Crippen LogP) is 3.63. The van der Waals surface area contributed by atoms with Gasteiger partial charge in [0.25, 0.3) is 5.91 Å². The lowest BCUT2D eigenvalue weighted by Gasteiger charge is -2.11. The third-order valence-electron chi connectivity index (χ3n) is 3.78. The SMILES string of the molecule is O=C(COC(=O)c1cc(Cl)c2c(c1)OCCCO2)NCc1ccc(Cl)cc1. The smallest absolute Gasteiger partial charge is 0.338 e. The molecule has 0 unspecified atom stereocenters. The highest BCUT2D eigenvalue weighted by Crippen LogP contribution is 2.38. The number of ether oxygens (including phenoxy) is 3. The highest BCUT2D eigenvalue weighted by Gasteiger charge is 2.19. The maximum atomic E-state index is 12.2. The van der Waals surface area contributed by atoms with E-state index < -0.39 is 18.5 Å². The van der Waals surface area contributed by atoms with Crippen molar-refractivity contribution in [2.45, 2.75) is 13.0 Å². The molecular formula is C19H17Cl2NO5. The lowest BCUT2D eigenvalue weighted by molar-refractivity contribution is -0.124. The minimum atomic E-state index is -0.672. The van der Waals surface area contributed by atoms with Gasteiger partial charge >= 0.3 is 5.97 Å². The minimum absolute atomic E-state index is 0.190. The number of benzene rings is 2. The topological polar surface area (TPSA) is 73.9 Å². The zero-order valence-electron chi connectivity index (χ0n) is 14.3. The summed E-state index contributed by atoms with van der Waals surface area (Å²) in [6.07, 6.45) is 0.721. The Morgan fingerprint density at radius 1 is 1.07 bits per heavy atom. The van der Waals surface area contributed by atoms with E-state index in [1.165, 1.54) is 12.1 Å². The molecule has 0 radical (unpaired) electrons. The Bertz CT molecular complexity index is 839. The van der Waals surface area contributed by atoms with E-state index in [0.29, 0.717) is 36.3 Å². The summed E-state index contributed by atoms with van der Waals surface area (Å²) in [5.41, 5.74) is 1.07. The fraction of sp³-hybridized carbons (Fsp3) is 0.263. The van der Waals surface area contributed by atoms with Crippen LogP contribution in [0.3, 0.4) is 0 Å². The van der Waals surface area contributed by atoms with E-state index in [1.807, 2.05) is 0 Å². The number of halogens is 2. The molecule has 8 heteroatoms. The first-order valence-corrected chi connectivity index (χ1v) is 9.06. The second-order valence-corrected chi connectivity index (χ2v) is 6.66. The van der Waals surface area contributed by atoms with Crippen molar-refractivity contribution >= 4 is 35.1 Å². The number of carbonyl (C=O) groups is 2. The van der Waals surface area contributed by atoms with Crippen LogP contribution in [0.25, 0.3) is 0 Å². The van der Waals surface area contributed by atoms with Crippen LogP contribution in [0.5, 0.6) is 11.5 Å². The Labute approximate surface area is 166 Å². The van der Waals surface area contributed by atoms with Crippen LogP contribution in [0, 0.1) is 0 Å². The number of hydrogen-bond acceptors (Lipinski definition) is 5. The van der Waals surface area contributed by atoms with Gasteiger partial charge in [-0.2, -0.15) is 0 Å². The molecule has 1 aliphatic rings. The van der Waals surface area contributed by atoms with Crippen LogP contribution in [0.15, 0.2) is 36.4 Å². The van der Waals surface area contributed by atoms with Crippen LogP contribution >= 0.6 is 23.2 Å². The number of nitrogens with one attached hydrogen (secondary N) is 1. The largest absolute Gasteiger partial charge is 0.489 e. The summed E-state index contributed by atoms with van der Waals surface area (Å²) in [6.45, 7) is 0.862. The maximum Gasteiger partial charge on any atom is 0.338 e. The molecule has 1 aliphatic heterocycles. The molecule has 27 heavy (non-hydrogen) atoms. The Kier molecular flexibility index (Phi) is 6.42. The Balaban J connectivity index is 1.54. The number of esters is 1. The molecule has 1 amide bonds. The van der Waals surface area contributed by atoms with Gasteiger partial charge in [-0.25, -0.2) is 4.79 Å². The molecule has 2 aromatic carbocycles. The van der Waals surface area contributed by atoms with E-state index >= 15 is 0 Å². The number of rotatable bonds is 5. The number of carbonyl (C=O) groups excluding carboxylic acids is 2. The third-order valence-corrected chi connectivity index (χ3v) is 4.31. The van der Waals surface area contributed by atoms with Crippen molar-refractivity contribution in [1.29, 1.82) is 0 Å². The highest BCUT2D eigenvalue weighted by atomic mass is 35.5. The molecule has 0 fully saturated rings. The maximum absolute atomic E-state index is 12.2. The molecule has 1 heterocycles. The second kappa shape index (κ2) is 8.97. The van der Waals surface area contributed by atoms with Crippen LogP contribution < -0.4 is 14.8 Å². The summed E-state index contributed by atoms with van der Waals surface area (Å²) in [5.74, 6) is -0.293. The number of hydrogen-bond donors (Lipinski definition) is 1. The summed E-state index contributed by atoms with van der Waals surface area (Å²) in [6, 6.07) is 10.0. The average Bonchev–Trinajstić information content (AvgIpc) is 2.91. The van der Waals surface area contributed by atoms with Gasteiger partial charge in [-0.05, 0) is 29.8 Å². The van der Waals surface area contributed by atoms with Crippen LogP contribution in [0.1, 0.15) is 22.3 Å². The lowest BCUT2D eigenvalue weighted by Crippen LogP contribution is -2.28. The average molecular weight is 410 g/mol. The van der Waals surface area contributed by atoms with E-state index in [0.717, 1.165) is 12.0 Å². The second-order valence-electron chi connectivity index (χ2n) is 5.82. The lowest BCUT2D eigenvalue weighted by atomic mass is 10.2. The third kappa shape index (κ3) is 5.28. The highest BCUT2D eigenvalue weighted by molar-refractivity contribution is 6.32. The van der Waals surface area contributed by atoms with Crippen molar-refractivity contribution in [1.82, 2.24) is 5.32 Å². The van der Waals surface area contributed by atoms with Gasteiger partial charge in [0.05, 0.1) is 23.8 Å². The van der Waals surface area contributed by atoms with Gasteiger partial charge in [0, 0.05) is 18.0 Å². The Hall–Kier alpha value is -2.44. The molecule has 0 saturated heterocycles. The zero-order chi connectivity index (χ0) is 19.2. The van der Waals surface area contributed by atoms with Gasteiger partial charge in [0.2, 0.25) is 0 Å². The van der Waals surface area contributed by atoms with Crippen molar-refractivity contribution in [2.24, 2.45) is 0 Å². The van der Waals surface area contributed by atoms with Crippen molar-refractivity contribution < 1.29 is 23.8 Å². The van der Waals surface area contributed by atoms with Gasteiger partial charge in [0.1, 0.15) is 0 Å². The molecule has 0 aromatic heterocycles. The first-order valence-electron chi connectivity index (χ1n) is 8.30. The monoisotopic (exact) mass is 409 g/mol. The Morgan fingerprint density at radius 2 is 1.81 bits per heavy atom. The fourth-order valence-corrected chi connectivity index (χ4v) is 2.81. The molecule has 2 aromatic rings. The van der Waals surface area contributed by atoms with Crippen molar-refractivity contribution in [2.75, 3.05) is 19.8 Å². The van der Waals surface area contributed by atoms with Gasteiger partial charge in [-0.3, -0.25) is 4.79 Å². The summed E-state index contributed by atoms with van der Waals surface area (Å²) in [5, 5.41) is 3.54. The van der Waals surface area contributed by atoms with Gasteiger partial charge in [-0.1, -0.05) is 35.3 Å². The summed E-state index contributed by atoms with van der Waals surface area (Å²) >= 11 is 12.0. The zero-order valence-corrected chi connectivity index (χ0v) is 15.8. The van der Waals surface area contributed by atoms with Crippen LogP contribution in [0.4, 0.5) is 0 Å². The standard InChI is InChI=1S/C19H17Cl2NO5/c20-14-4-2-12(3-5-14)10-22-17(23)11-27-19(24)13-8-15(21)18-16(9-13)25-6-1-7-26-18/h2-5,8-9H,1,6-7,10-11H2,(H,22,23). The molecule has 0 saturated carbocycles. The summed E-state index contributed by atoms with van der Waals surface area (Å²) in [4.78, 5) is 24.1.